The summed E-state index contributed by atoms with van der Waals surface area (Å²) in [6.45, 7) is 5.22. The number of amides is 1. The lowest BCUT2D eigenvalue weighted by Crippen LogP contribution is -2.43. The number of hydrogen-bond donors (Lipinski definition) is 2. The van der Waals surface area contributed by atoms with Crippen LogP contribution in [0.3, 0.4) is 0 Å². The average molecular weight is 382 g/mol. The van der Waals surface area contributed by atoms with Crippen molar-refractivity contribution in [3.63, 3.8) is 0 Å². The zero-order chi connectivity index (χ0) is 19.3. The van der Waals surface area contributed by atoms with E-state index in [2.05, 4.69) is 19.2 Å². The van der Waals surface area contributed by atoms with Gasteiger partial charge in [-0.2, -0.15) is 4.31 Å². The van der Waals surface area contributed by atoms with Crippen molar-refractivity contribution in [2.45, 2.75) is 38.0 Å². The molecule has 7 nitrogen and oxygen atoms in total. The molecule has 0 atom stereocenters. The number of carbonyl (C=O) groups excluding carboxylic acids is 1. The Morgan fingerprint density at radius 1 is 1.23 bits per heavy atom. The molecule has 1 saturated heterocycles. The first-order valence-corrected chi connectivity index (χ1v) is 10.3. The van der Waals surface area contributed by atoms with Crippen LogP contribution in [-0.4, -0.2) is 49.3 Å². The summed E-state index contributed by atoms with van der Waals surface area (Å²) < 4.78 is 26.9. The summed E-state index contributed by atoms with van der Waals surface area (Å²) in [5, 5.41) is 12.1. The molecule has 2 rings (SSSR count). The number of hydrogen-bond acceptors (Lipinski definition) is 4. The molecule has 0 saturated carbocycles. The van der Waals surface area contributed by atoms with E-state index in [1.807, 2.05) is 0 Å². The Bertz CT molecular complexity index is 753. The fourth-order valence-electron chi connectivity index (χ4n) is 2.99. The van der Waals surface area contributed by atoms with E-state index in [9.17, 15) is 23.1 Å². The van der Waals surface area contributed by atoms with Crippen LogP contribution in [0.4, 0.5) is 0 Å². The molecule has 26 heavy (non-hydrogen) atoms. The molecule has 8 heteroatoms. The van der Waals surface area contributed by atoms with E-state index in [0.29, 0.717) is 25.3 Å². The predicted molar refractivity (Wildman–Crippen MR) is 97.3 cm³/mol. The van der Waals surface area contributed by atoms with Crippen LogP contribution in [0, 0.1) is 11.8 Å². The van der Waals surface area contributed by atoms with Gasteiger partial charge in [-0.25, -0.2) is 13.2 Å². The number of nitrogens with one attached hydrogen (secondary N) is 1. The molecule has 1 aliphatic heterocycles. The van der Waals surface area contributed by atoms with E-state index in [4.69, 9.17) is 0 Å². The van der Waals surface area contributed by atoms with Crippen molar-refractivity contribution in [3.05, 3.63) is 29.8 Å². The Morgan fingerprint density at radius 2 is 1.85 bits per heavy atom. The van der Waals surface area contributed by atoms with Crippen LogP contribution in [0.5, 0.6) is 0 Å². The first kappa shape index (κ1) is 20.4. The standard InChI is InChI=1S/C18H26N2O5S/c1-13(2)7-10-19-17(21)14-8-11-20(12-9-14)26(24,25)16-6-4-3-5-15(16)18(22)23/h3-6,13-14H,7-12H2,1-2H3,(H,19,21)(H,22,23). The smallest absolute Gasteiger partial charge is 0.337 e. The topological polar surface area (TPSA) is 104 Å². The van der Waals surface area contributed by atoms with Gasteiger partial charge in [0.25, 0.3) is 0 Å². The minimum atomic E-state index is -3.89. The summed E-state index contributed by atoms with van der Waals surface area (Å²) in [6.07, 6.45) is 1.77. The van der Waals surface area contributed by atoms with Crippen LogP contribution < -0.4 is 5.32 Å². The summed E-state index contributed by atoms with van der Waals surface area (Å²) in [7, 11) is -3.89. The van der Waals surface area contributed by atoms with Crippen molar-refractivity contribution in [2.75, 3.05) is 19.6 Å². The highest BCUT2D eigenvalue weighted by Crippen LogP contribution is 2.26. The van der Waals surface area contributed by atoms with Gasteiger partial charge in [0.1, 0.15) is 0 Å². The molecule has 0 spiro atoms. The molecule has 1 aromatic carbocycles. The monoisotopic (exact) mass is 382 g/mol. The minimum absolute atomic E-state index is 0.0337. The molecule has 0 bridgehead atoms. The molecule has 1 heterocycles. The first-order valence-electron chi connectivity index (χ1n) is 8.83. The maximum absolute atomic E-state index is 12.8. The lowest BCUT2D eigenvalue weighted by molar-refractivity contribution is -0.126. The molecule has 0 unspecified atom stereocenters. The lowest BCUT2D eigenvalue weighted by atomic mass is 9.97. The number of rotatable bonds is 7. The normalized spacial score (nSPS) is 16.6. The highest BCUT2D eigenvalue weighted by atomic mass is 32.2. The van der Waals surface area contributed by atoms with Gasteiger partial charge in [0.2, 0.25) is 15.9 Å². The van der Waals surface area contributed by atoms with Crippen molar-refractivity contribution >= 4 is 21.9 Å². The number of nitrogens with zero attached hydrogens (tertiary/aromatic N) is 1. The molecule has 2 N–H and O–H groups in total. The fraction of sp³-hybridized carbons (Fsp3) is 0.556. The second kappa shape index (κ2) is 8.64. The molecule has 1 aromatic rings. The van der Waals surface area contributed by atoms with Gasteiger partial charge in [0, 0.05) is 25.6 Å². The number of carbonyl (C=O) groups is 2. The number of piperidine rings is 1. The summed E-state index contributed by atoms with van der Waals surface area (Å²) in [5.41, 5.74) is -0.235. The number of carboxylic acids is 1. The minimum Gasteiger partial charge on any atom is -0.478 e. The van der Waals surface area contributed by atoms with Crippen LogP contribution in [0.15, 0.2) is 29.2 Å². The van der Waals surface area contributed by atoms with Crippen LogP contribution in [0.2, 0.25) is 0 Å². The fourth-order valence-corrected chi connectivity index (χ4v) is 4.65. The second-order valence-corrected chi connectivity index (χ2v) is 8.86. The first-order chi connectivity index (χ1) is 12.2. The van der Waals surface area contributed by atoms with E-state index in [-0.39, 0.29) is 35.4 Å². The molecular weight excluding hydrogens is 356 g/mol. The van der Waals surface area contributed by atoms with Crippen molar-refractivity contribution in [3.8, 4) is 0 Å². The third kappa shape index (κ3) is 4.82. The van der Waals surface area contributed by atoms with Crippen LogP contribution in [0.25, 0.3) is 0 Å². The van der Waals surface area contributed by atoms with E-state index in [1.165, 1.54) is 28.6 Å². The van der Waals surface area contributed by atoms with E-state index >= 15 is 0 Å². The summed E-state index contributed by atoms with van der Waals surface area (Å²) in [6, 6.07) is 5.60. The van der Waals surface area contributed by atoms with Gasteiger partial charge in [-0.1, -0.05) is 26.0 Å². The number of aromatic carboxylic acids is 1. The zero-order valence-electron chi connectivity index (χ0n) is 15.1. The van der Waals surface area contributed by atoms with Crippen LogP contribution in [-0.2, 0) is 14.8 Å². The SMILES string of the molecule is CC(C)CCNC(=O)C1CCN(S(=O)(=O)c2ccccc2C(=O)O)CC1. The van der Waals surface area contributed by atoms with E-state index in [1.54, 1.807) is 0 Å². The van der Waals surface area contributed by atoms with Crippen molar-refractivity contribution < 1.29 is 23.1 Å². The molecule has 0 aromatic heterocycles. The maximum atomic E-state index is 12.8. The number of sulfonamides is 1. The van der Waals surface area contributed by atoms with E-state index < -0.39 is 16.0 Å². The highest BCUT2D eigenvalue weighted by molar-refractivity contribution is 7.89. The van der Waals surface area contributed by atoms with Gasteiger partial charge in [0.15, 0.2) is 0 Å². The van der Waals surface area contributed by atoms with Gasteiger partial charge in [-0.3, -0.25) is 4.79 Å². The van der Waals surface area contributed by atoms with Gasteiger partial charge in [0.05, 0.1) is 10.5 Å². The number of benzene rings is 1. The molecule has 1 fully saturated rings. The van der Waals surface area contributed by atoms with Crippen LogP contribution in [0.1, 0.15) is 43.5 Å². The van der Waals surface area contributed by atoms with Gasteiger partial charge < -0.3 is 10.4 Å². The Hall–Kier alpha value is -1.93. The Morgan fingerprint density at radius 3 is 2.42 bits per heavy atom. The van der Waals surface area contributed by atoms with Crippen molar-refractivity contribution in [2.24, 2.45) is 11.8 Å². The molecule has 144 valence electrons. The third-order valence-corrected chi connectivity index (χ3v) is 6.54. The van der Waals surface area contributed by atoms with Crippen LogP contribution >= 0.6 is 0 Å². The Labute approximate surface area is 154 Å². The summed E-state index contributed by atoms with van der Waals surface area (Å²) in [5.74, 6) is -1.00. The van der Waals surface area contributed by atoms with Gasteiger partial charge >= 0.3 is 5.97 Å². The predicted octanol–water partition coefficient (Wildman–Crippen LogP) is 1.95. The highest BCUT2D eigenvalue weighted by Gasteiger charge is 2.33. The quantitative estimate of drug-likeness (QED) is 0.750. The van der Waals surface area contributed by atoms with Gasteiger partial charge in [-0.05, 0) is 37.3 Å². The largest absolute Gasteiger partial charge is 0.478 e. The summed E-state index contributed by atoms with van der Waals surface area (Å²) in [4.78, 5) is 23.3. The Balaban J connectivity index is 2.01. The summed E-state index contributed by atoms with van der Waals surface area (Å²) >= 11 is 0. The van der Waals surface area contributed by atoms with Crippen molar-refractivity contribution in [1.29, 1.82) is 0 Å². The lowest BCUT2D eigenvalue weighted by Gasteiger charge is -2.30. The van der Waals surface area contributed by atoms with Gasteiger partial charge in [-0.15, -0.1) is 0 Å². The Kier molecular flexibility index (Phi) is 6.77. The molecule has 0 aliphatic carbocycles. The maximum Gasteiger partial charge on any atom is 0.337 e. The molecule has 1 amide bonds. The molecule has 0 radical (unpaired) electrons. The molecule has 1 aliphatic rings. The van der Waals surface area contributed by atoms with E-state index in [0.717, 1.165) is 6.42 Å². The van der Waals surface area contributed by atoms with Crippen molar-refractivity contribution in [1.82, 2.24) is 9.62 Å². The average Bonchev–Trinajstić information content (AvgIpc) is 2.61. The zero-order valence-corrected chi connectivity index (χ0v) is 16.0. The third-order valence-electron chi connectivity index (χ3n) is 4.58. The number of carboxylic acid groups (broad SMARTS) is 1. The molecular formula is C18H26N2O5S. The second-order valence-electron chi connectivity index (χ2n) is 6.95.